The lowest BCUT2D eigenvalue weighted by Crippen LogP contribution is -2.24. The number of nitrogens with zero attached hydrogens (tertiary/aromatic N) is 5. The van der Waals surface area contributed by atoms with E-state index in [-0.39, 0.29) is 0 Å². The van der Waals surface area contributed by atoms with Gasteiger partial charge in [0.2, 0.25) is 5.95 Å². The van der Waals surface area contributed by atoms with Crippen LogP contribution in [0.15, 0.2) is 6.33 Å². The Balaban J connectivity index is 2.17. The molecule has 0 bridgehead atoms. The normalized spacial score (nSPS) is 11.3. The molecule has 2 N–H and O–H groups in total. The van der Waals surface area contributed by atoms with E-state index in [0.29, 0.717) is 11.6 Å². The molecule has 7 heteroatoms. The number of hydrogen-bond donors (Lipinski definition) is 2. The molecule has 0 unspecified atom stereocenters. The quantitative estimate of drug-likeness (QED) is 0.769. The molecule has 2 rings (SSSR count). The largest absolute Gasteiger partial charge is 0.358 e. The molecule has 0 fully saturated rings. The standard InChI is InChI=1S/C14H25N7/c1-5-7-15-14-18-12-11(16-10-17-12)13(19-14)21(4)9-6-8-20(2)3/h10H,5-9H2,1-4H3,(H2,15,16,17,18,19). The van der Waals surface area contributed by atoms with Crippen molar-refractivity contribution in [1.29, 1.82) is 0 Å². The van der Waals surface area contributed by atoms with E-state index in [2.05, 4.69) is 63.1 Å². The third-order valence-electron chi connectivity index (χ3n) is 3.26. The molecule has 0 atom stereocenters. The highest BCUT2D eigenvalue weighted by molar-refractivity contribution is 5.84. The summed E-state index contributed by atoms with van der Waals surface area (Å²) in [5.74, 6) is 1.54. The van der Waals surface area contributed by atoms with Crippen molar-refractivity contribution in [3.63, 3.8) is 0 Å². The van der Waals surface area contributed by atoms with Crippen LogP contribution in [0.1, 0.15) is 19.8 Å². The molecule has 0 aromatic carbocycles. The highest BCUT2D eigenvalue weighted by Gasteiger charge is 2.13. The Bertz CT molecular complexity index is 563. The predicted octanol–water partition coefficient (Wildman–Crippen LogP) is 1.56. The predicted molar refractivity (Wildman–Crippen MR) is 86.9 cm³/mol. The minimum atomic E-state index is 0.644. The maximum Gasteiger partial charge on any atom is 0.226 e. The first-order valence-corrected chi connectivity index (χ1v) is 7.42. The topological polar surface area (TPSA) is 73.0 Å². The smallest absolute Gasteiger partial charge is 0.226 e. The van der Waals surface area contributed by atoms with Gasteiger partial charge in [-0.15, -0.1) is 0 Å². The first kappa shape index (κ1) is 15.5. The summed E-state index contributed by atoms with van der Waals surface area (Å²) in [4.78, 5) is 20.8. The van der Waals surface area contributed by atoms with Gasteiger partial charge < -0.3 is 20.1 Å². The molecule has 0 aliphatic heterocycles. The van der Waals surface area contributed by atoms with Crippen LogP contribution in [-0.4, -0.2) is 65.6 Å². The number of anilines is 2. The molecule has 0 aliphatic carbocycles. The summed E-state index contributed by atoms with van der Waals surface area (Å²) >= 11 is 0. The number of aromatic amines is 1. The number of nitrogens with one attached hydrogen (secondary N) is 2. The van der Waals surface area contributed by atoms with Gasteiger partial charge in [0.15, 0.2) is 11.5 Å². The molecule has 7 nitrogen and oxygen atoms in total. The minimum Gasteiger partial charge on any atom is -0.358 e. The van der Waals surface area contributed by atoms with Crippen molar-refractivity contribution in [3.05, 3.63) is 6.33 Å². The monoisotopic (exact) mass is 291 g/mol. The van der Waals surface area contributed by atoms with Crippen molar-refractivity contribution in [2.24, 2.45) is 0 Å². The van der Waals surface area contributed by atoms with Crippen molar-refractivity contribution in [3.8, 4) is 0 Å². The number of rotatable bonds is 8. The summed E-state index contributed by atoms with van der Waals surface area (Å²) in [7, 11) is 6.23. The first-order valence-electron chi connectivity index (χ1n) is 7.42. The Kier molecular flexibility index (Phi) is 5.32. The van der Waals surface area contributed by atoms with Crippen LogP contribution >= 0.6 is 0 Å². The van der Waals surface area contributed by atoms with Crippen LogP contribution < -0.4 is 10.2 Å². The molecule has 2 heterocycles. The van der Waals surface area contributed by atoms with Gasteiger partial charge in [0.25, 0.3) is 0 Å². The highest BCUT2D eigenvalue weighted by Crippen LogP contribution is 2.21. The summed E-state index contributed by atoms with van der Waals surface area (Å²) in [6.07, 6.45) is 3.79. The Morgan fingerprint density at radius 2 is 2.00 bits per heavy atom. The van der Waals surface area contributed by atoms with Crippen LogP contribution in [0.5, 0.6) is 0 Å². The van der Waals surface area contributed by atoms with Gasteiger partial charge in [0.05, 0.1) is 6.33 Å². The first-order chi connectivity index (χ1) is 10.1. The number of imidazole rings is 1. The number of aromatic nitrogens is 4. The lowest BCUT2D eigenvalue weighted by atomic mass is 10.3. The molecule has 0 saturated carbocycles. The van der Waals surface area contributed by atoms with Crippen LogP contribution in [0.2, 0.25) is 0 Å². The van der Waals surface area contributed by atoms with Crippen molar-refractivity contribution in [2.75, 3.05) is 51.0 Å². The van der Waals surface area contributed by atoms with Crippen LogP contribution in [0.4, 0.5) is 11.8 Å². The van der Waals surface area contributed by atoms with Crippen LogP contribution in [0, 0.1) is 0 Å². The van der Waals surface area contributed by atoms with Crippen molar-refractivity contribution in [1.82, 2.24) is 24.8 Å². The van der Waals surface area contributed by atoms with E-state index in [1.165, 1.54) is 0 Å². The fourth-order valence-corrected chi connectivity index (χ4v) is 2.14. The fraction of sp³-hybridized carbons (Fsp3) is 0.643. The van der Waals surface area contributed by atoms with Gasteiger partial charge in [-0.05, 0) is 33.5 Å². The van der Waals surface area contributed by atoms with E-state index < -0.39 is 0 Å². The average molecular weight is 291 g/mol. The SMILES string of the molecule is CCCNc1nc(N(C)CCCN(C)C)c2[nH]cnc2n1. The van der Waals surface area contributed by atoms with E-state index >= 15 is 0 Å². The van der Waals surface area contributed by atoms with Gasteiger partial charge in [-0.2, -0.15) is 9.97 Å². The summed E-state index contributed by atoms with van der Waals surface area (Å²) in [6, 6.07) is 0. The molecule has 2 aromatic rings. The molecule has 0 amide bonds. The Hall–Kier alpha value is -1.89. The van der Waals surface area contributed by atoms with Crippen LogP contribution in [-0.2, 0) is 0 Å². The molecule has 0 radical (unpaired) electrons. The number of hydrogen-bond acceptors (Lipinski definition) is 6. The third kappa shape index (κ3) is 4.04. The summed E-state index contributed by atoms with van der Waals surface area (Å²) < 4.78 is 0. The summed E-state index contributed by atoms with van der Waals surface area (Å²) in [5, 5.41) is 3.23. The Morgan fingerprint density at radius 3 is 2.71 bits per heavy atom. The van der Waals surface area contributed by atoms with Crippen molar-refractivity contribution in [2.45, 2.75) is 19.8 Å². The van der Waals surface area contributed by atoms with Gasteiger partial charge in [0, 0.05) is 20.1 Å². The van der Waals surface area contributed by atoms with Crippen LogP contribution in [0.3, 0.4) is 0 Å². The molecule has 21 heavy (non-hydrogen) atoms. The zero-order valence-electron chi connectivity index (χ0n) is 13.3. The fourth-order valence-electron chi connectivity index (χ4n) is 2.14. The van der Waals surface area contributed by atoms with E-state index in [1.54, 1.807) is 6.33 Å². The van der Waals surface area contributed by atoms with E-state index in [4.69, 9.17) is 0 Å². The molecule has 2 aromatic heterocycles. The molecule has 0 saturated heterocycles. The molecular formula is C14H25N7. The third-order valence-corrected chi connectivity index (χ3v) is 3.26. The van der Waals surface area contributed by atoms with Crippen LogP contribution in [0.25, 0.3) is 11.2 Å². The van der Waals surface area contributed by atoms with E-state index in [9.17, 15) is 0 Å². The minimum absolute atomic E-state index is 0.644. The summed E-state index contributed by atoms with van der Waals surface area (Å²) in [5.41, 5.74) is 1.60. The number of H-pyrrole nitrogens is 1. The lowest BCUT2D eigenvalue weighted by Gasteiger charge is -2.20. The maximum absolute atomic E-state index is 4.63. The lowest BCUT2D eigenvalue weighted by molar-refractivity contribution is 0.401. The van der Waals surface area contributed by atoms with Gasteiger partial charge >= 0.3 is 0 Å². The maximum atomic E-state index is 4.63. The second-order valence-corrected chi connectivity index (χ2v) is 5.48. The van der Waals surface area contributed by atoms with Gasteiger partial charge in [-0.25, -0.2) is 4.98 Å². The molecule has 0 spiro atoms. The zero-order valence-corrected chi connectivity index (χ0v) is 13.3. The number of fused-ring (bicyclic) bond motifs is 1. The van der Waals surface area contributed by atoms with Gasteiger partial charge in [0.1, 0.15) is 5.52 Å². The highest BCUT2D eigenvalue weighted by atomic mass is 15.2. The second-order valence-electron chi connectivity index (χ2n) is 5.48. The van der Waals surface area contributed by atoms with Gasteiger partial charge in [-0.1, -0.05) is 6.92 Å². The van der Waals surface area contributed by atoms with Gasteiger partial charge in [-0.3, -0.25) is 0 Å². The molecular weight excluding hydrogens is 266 g/mol. The summed E-state index contributed by atoms with van der Waals surface area (Å²) in [6.45, 7) is 4.98. The molecule has 0 aliphatic rings. The molecule has 116 valence electrons. The van der Waals surface area contributed by atoms with E-state index in [0.717, 1.165) is 43.8 Å². The second kappa shape index (κ2) is 7.21. The zero-order chi connectivity index (χ0) is 15.2. The van der Waals surface area contributed by atoms with Crippen molar-refractivity contribution >= 4 is 22.9 Å². The van der Waals surface area contributed by atoms with Crippen molar-refractivity contribution < 1.29 is 0 Å². The Labute approximate surface area is 125 Å². The van der Waals surface area contributed by atoms with E-state index in [1.807, 2.05) is 0 Å². The average Bonchev–Trinajstić information content (AvgIpc) is 2.91. The Morgan fingerprint density at radius 1 is 1.19 bits per heavy atom.